The van der Waals surface area contributed by atoms with E-state index in [2.05, 4.69) is 20.2 Å². The number of piperidine rings is 1. The van der Waals surface area contributed by atoms with Gasteiger partial charge in [0.1, 0.15) is 5.60 Å². The molecule has 2 aliphatic rings. The molecule has 0 spiro atoms. The lowest BCUT2D eigenvalue weighted by Crippen LogP contribution is -2.41. The number of carbonyl (C=O) groups is 2. The molecule has 10 heteroatoms. The smallest absolute Gasteiger partial charge is 0.410 e. The Kier molecular flexibility index (Phi) is 5.79. The van der Waals surface area contributed by atoms with Crippen molar-refractivity contribution in [2.24, 2.45) is 11.0 Å². The summed E-state index contributed by atoms with van der Waals surface area (Å²) in [4.78, 5) is 30.6. The fraction of sp³-hybridized carbons (Fsp3) is 0.722. The van der Waals surface area contributed by atoms with Crippen molar-refractivity contribution in [1.82, 2.24) is 15.1 Å². The first kappa shape index (κ1) is 20.0. The summed E-state index contributed by atoms with van der Waals surface area (Å²) in [6.07, 6.45) is 1.73. The number of aromatic nitrogens is 2. The Hall–Kier alpha value is -2.74. The molecule has 0 aromatic carbocycles. The lowest BCUT2D eigenvalue weighted by atomic mass is 9.94. The van der Waals surface area contributed by atoms with E-state index in [4.69, 9.17) is 10.3 Å². The third kappa shape index (κ3) is 4.75. The summed E-state index contributed by atoms with van der Waals surface area (Å²) in [5.41, 5.74) is 8.92. The van der Waals surface area contributed by atoms with Gasteiger partial charge in [0.15, 0.2) is 5.82 Å². The van der Waals surface area contributed by atoms with Gasteiger partial charge in [0.25, 0.3) is 0 Å². The van der Waals surface area contributed by atoms with Crippen LogP contribution in [0.4, 0.5) is 10.6 Å². The van der Waals surface area contributed by atoms with Gasteiger partial charge in [-0.1, -0.05) is 5.11 Å². The largest absolute Gasteiger partial charge is 0.444 e. The lowest BCUT2D eigenvalue weighted by Gasteiger charge is -2.33. The second-order valence-electron chi connectivity index (χ2n) is 8.41. The summed E-state index contributed by atoms with van der Waals surface area (Å²) in [5.74, 6) is 0.895. The first-order valence-corrected chi connectivity index (χ1v) is 9.61. The fourth-order valence-electron chi connectivity index (χ4n) is 3.65. The summed E-state index contributed by atoms with van der Waals surface area (Å²) >= 11 is 0. The Morgan fingerprint density at radius 3 is 2.79 bits per heavy atom. The Labute approximate surface area is 163 Å². The summed E-state index contributed by atoms with van der Waals surface area (Å²) in [5, 5.41) is 10.9. The number of anilines is 1. The molecule has 0 radical (unpaired) electrons. The van der Waals surface area contributed by atoms with Crippen molar-refractivity contribution >= 4 is 17.8 Å². The molecule has 3 rings (SSSR count). The minimum Gasteiger partial charge on any atom is -0.444 e. The van der Waals surface area contributed by atoms with Crippen LogP contribution >= 0.6 is 0 Å². The van der Waals surface area contributed by atoms with Crippen molar-refractivity contribution in [3.05, 3.63) is 22.2 Å². The molecule has 1 aromatic rings. The highest BCUT2D eigenvalue weighted by molar-refractivity contribution is 5.94. The molecule has 2 amide bonds. The third-order valence-corrected chi connectivity index (χ3v) is 5.06. The number of amides is 2. The van der Waals surface area contributed by atoms with Gasteiger partial charge in [-0.3, -0.25) is 14.8 Å². The number of nitrogens with one attached hydrogen (secondary N) is 1. The van der Waals surface area contributed by atoms with Crippen LogP contribution in [0.15, 0.2) is 11.2 Å². The zero-order chi connectivity index (χ0) is 20.3. The van der Waals surface area contributed by atoms with Gasteiger partial charge in [-0.05, 0) is 45.1 Å². The molecule has 2 fully saturated rings. The van der Waals surface area contributed by atoms with Crippen molar-refractivity contribution in [3.63, 3.8) is 0 Å². The van der Waals surface area contributed by atoms with Gasteiger partial charge in [-0.15, -0.1) is 0 Å². The van der Waals surface area contributed by atoms with Gasteiger partial charge < -0.3 is 9.64 Å². The molecular formula is C18H27N7O3. The third-order valence-electron chi connectivity index (χ3n) is 5.06. The molecular weight excluding hydrogens is 362 g/mol. The van der Waals surface area contributed by atoms with Crippen LogP contribution in [0.2, 0.25) is 0 Å². The van der Waals surface area contributed by atoms with Gasteiger partial charge in [-0.2, -0.15) is 5.10 Å². The van der Waals surface area contributed by atoms with Crippen molar-refractivity contribution in [1.29, 1.82) is 0 Å². The fourth-order valence-corrected chi connectivity index (χ4v) is 3.65. The predicted octanol–water partition coefficient (Wildman–Crippen LogP) is 3.19. The number of rotatable bonds is 4. The van der Waals surface area contributed by atoms with Crippen molar-refractivity contribution in [3.8, 4) is 0 Å². The Balaban J connectivity index is 1.56. The maximum atomic E-state index is 12.2. The average Bonchev–Trinajstić information content (AvgIpc) is 3.25. The maximum absolute atomic E-state index is 12.2. The van der Waals surface area contributed by atoms with Crippen LogP contribution in [0.25, 0.3) is 10.4 Å². The standard InChI is InChI=1S/C18H27N7O3/c1-18(2,3)28-17(27)24-6-4-13(5-7-24)14-9-15(22-21-14)25-11-12(8-16(25)26)10-20-23-19/h9,12-13H,4-8,10-11H2,1-3H3,(H,21,22). The highest BCUT2D eigenvalue weighted by Gasteiger charge is 2.33. The van der Waals surface area contributed by atoms with Crippen LogP contribution < -0.4 is 4.90 Å². The van der Waals surface area contributed by atoms with Crippen LogP contribution in [-0.2, 0) is 9.53 Å². The molecule has 0 bridgehead atoms. The van der Waals surface area contributed by atoms with Crippen LogP contribution in [0.3, 0.4) is 0 Å². The quantitative estimate of drug-likeness (QED) is 0.482. The van der Waals surface area contributed by atoms with E-state index >= 15 is 0 Å². The van der Waals surface area contributed by atoms with Gasteiger partial charge in [-0.25, -0.2) is 4.79 Å². The van der Waals surface area contributed by atoms with Crippen molar-refractivity contribution < 1.29 is 14.3 Å². The number of ether oxygens (including phenoxy) is 1. The Morgan fingerprint density at radius 2 is 2.14 bits per heavy atom. The zero-order valence-electron chi connectivity index (χ0n) is 16.6. The summed E-state index contributed by atoms with van der Waals surface area (Å²) < 4.78 is 5.43. The minimum atomic E-state index is -0.495. The number of azide groups is 1. The molecule has 10 nitrogen and oxygen atoms in total. The summed E-state index contributed by atoms with van der Waals surface area (Å²) in [6, 6.07) is 1.92. The molecule has 28 heavy (non-hydrogen) atoms. The van der Waals surface area contributed by atoms with Crippen molar-refractivity contribution in [2.75, 3.05) is 31.1 Å². The van der Waals surface area contributed by atoms with Gasteiger partial charge in [0.2, 0.25) is 5.91 Å². The number of nitrogens with zero attached hydrogens (tertiary/aromatic N) is 6. The van der Waals surface area contributed by atoms with Crippen LogP contribution in [-0.4, -0.2) is 58.9 Å². The molecule has 1 unspecified atom stereocenters. The van der Waals surface area contributed by atoms with Gasteiger partial charge in [0, 0.05) is 55.2 Å². The van der Waals surface area contributed by atoms with E-state index in [1.165, 1.54) is 0 Å². The monoisotopic (exact) mass is 389 g/mol. The molecule has 0 saturated carbocycles. The number of likely N-dealkylation sites (tertiary alicyclic amines) is 1. The number of H-pyrrole nitrogens is 1. The normalized spacial score (nSPS) is 21.0. The highest BCUT2D eigenvalue weighted by Crippen LogP contribution is 2.31. The van der Waals surface area contributed by atoms with E-state index in [0.29, 0.717) is 38.4 Å². The lowest BCUT2D eigenvalue weighted by molar-refractivity contribution is -0.117. The number of aromatic amines is 1. The molecule has 1 atom stereocenters. The topological polar surface area (TPSA) is 127 Å². The maximum Gasteiger partial charge on any atom is 0.410 e. The minimum absolute atomic E-state index is 0.00376. The SMILES string of the molecule is CC(C)(C)OC(=O)N1CCC(c2cc(N3CC(CN=[N+]=[N-])CC3=O)n[nH]2)CC1. The second kappa shape index (κ2) is 8.10. The Bertz CT molecular complexity index is 770. The number of carbonyl (C=O) groups excluding carboxylic acids is 2. The second-order valence-corrected chi connectivity index (χ2v) is 8.41. The van der Waals surface area contributed by atoms with E-state index in [-0.39, 0.29) is 23.8 Å². The number of hydrogen-bond donors (Lipinski definition) is 1. The van der Waals surface area contributed by atoms with Gasteiger partial charge >= 0.3 is 6.09 Å². The number of hydrogen-bond acceptors (Lipinski definition) is 5. The van der Waals surface area contributed by atoms with Crippen molar-refractivity contribution in [2.45, 2.75) is 51.6 Å². The molecule has 2 saturated heterocycles. The predicted molar refractivity (Wildman–Crippen MR) is 103 cm³/mol. The molecule has 152 valence electrons. The van der Waals surface area contributed by atoms with E-state index < -0.39 is 5.60 Å². The summed E-state index contributed by atoms with van der Waals surface area (Å²) in [7, 11) is 0. The first-order valence-electron chi connectivity index (χ1n) is 9.61. The molecule has 1 aromatic heterocycles. The molecule has 0 aliphatic carbocycles. The van der Waals surface area contributed by atoms with Crippen LogP contribution in [0, 0.1) is 5.92 Å². The molecule has 3 heterocycles. The van der Waals surface area contributed by atoms with Gasteiger partial charge in [0.05, 0.1) is 0 Å². The zero-order valence-corrected chi connectivity index (χ0v) is 16.6. The van der Waals surface area contributed by atoms with E-state index in [9.17, 15) is 9.59 Å². The van der Waals surface area contributed by atoms with E-state index in [1.807, 2.05) is 26.8 Å². The van der Waals surface area contributed by atoms with E-state index in [0.717, 1.165) is 18.5 Å². The highest BCUT2D eigenvalue weighted by atomic mass is 16.6. The molecule has 1 N–H and O–H groups in total. The Morgan fingerprint density at radius 1 is 1.43 bits per heavy atom. The van der Waals surface area contributed by atoms with Crippen LogP contribution in [0.1, 0.15) is 51.6 Å². The summed E-state index contributed by atoms with van der Waals surface area (Å²) in [6.45, 7) is 7.68. The first-order chi connectivity index (χ1) is 13.3. The van der Waals surface area contributed by atoms with Crippen LogP contribution in [0.5, 0.6) is 0 Å². The van der Waals surface area contributed by atoms with E-state index in [1.54, 1.807) is 9.80 Å². The molecule has 2 aliphatic heterocycles. The average molecular weight is 389 g/mol.